The van der Waals surface area contributed by atoms with E-state index >= 15 is 0 Å². The second-order valence-corrected chi connectivity index (χ2v) is 6.04. The normalized spacial score (nSPS) is 14.2. The molecule has 3 rings (SSSR count). The maximum atomic E-state index is 12.3. The zero-order chi connectivity index (χ0) is 17.1. The van der Waals surface area contributed by atoms with Crippen LogP contribution in [0.5, 0.6) is 0 Å². The third-order valence-electron chi connectivity index (χ3n) is 4.29. The minimum Gasteiger partial charge on any atom is -0.338 e. The van der Waals surface area contributed by atoms with E-state index in [-0.39, 0.29) is 11.9 Å². The molecule has 1 fully saturated rings. The molecule has 0 atom stereocenters. The Balaban J connectivity index is 1.70. The Hall–Kier alpha value is -2.82. The maximum absolute atomic E-state index is 12.3. The summed E-state index contributed by atoms with van der Waals surface area (Å²) in [6, 6.07) is 12.9. The number of hydrogen-bond acceptors (Lipinski definition) is 2. The molecule has 0 aromatic heterocycles. The van der Waals surface area contributed by atoms with E-state index in [9.17, 15) is 9.59 Å². The number of anilines is 2. The van der Waals surface area contributed by atoms with Crippen molar-refractivity contribution in [3.63, 3.8) is 0 Å². The van der Waals surface area contributed by atoms with Gasteiger partial charge >= 0.3 is 6.03 Å². The zero-order valence-electron chi connectivity index (χ0n) is 13.9. The van der Waals surface area contributed by atoms with E-state index in [1.807, 2.05) is 56.3 Å². The molecule has 3 amide bonds. The number of urea groups is 1. The van der Waals surface area contributed by atoms with Gasteiger partial charge in [0.15, 0.2) is 0 Å². The lowest BCUT2D eigenvalue weighted by molar-refractivity contribution is 0.102. The summed E-state index contributed by atoms with van der Waals surface area (Å²) in [7, 11) is 0. The molecule has 1 heterocycles. The van der Waals surface area contributed by atoms with Gasteiger partial charge in [0.25, 0.3) is 5.91 Å². The summed E-state index contributed by atoms with van der Waals surface area (Å²) in [5, 5.41) is 5.71. The van der Waals surface area contributed by atoms with E-state index in [0.29, 0.717) is 17.8 Å². The third kappa shape index (κ3) is 3.40. The van der Waals surface area contributed by atoms with Crippen LogP contribution in [-0.4, -0.2) is 25.0 Å². The molecule has 24 heavy (non-hydrogen) atoms. The summed E-state index contributed by atoms with van der Waals surface area (Å²) in [4.78, 5) is 25.9. The summed E-state index contributed by atoms with van der Waals surface area (Å²) in [6.45, 7) is 5.44. The number of carbonyl (C=O) groups excluding carboxylic acids is 2. The highest BCUT2D eigenvalue weighted by atomic mass is 16.2. The van der Waals surface area contributed by atoms with Gasteiger partial charge in [-0.15, -0.1) is 0 Å². The van der Waals surface area contributed by atoms with Crippen molar-refractivity contribution in [3.05, 3.63) is 59.2 Å². The first-order valence-electron chi connectivity index (χ1n) is 8.08. The van der Waals surface area contributed by atoms with Crippen LogP contribution in [-0.2, 0) is 0 Å². The van der Waals surface area contributed by atoms with Crippen LogP contribution in [0, 0.1) is 13.8 Å². The Morgan fingerprint density at radius 1 is 1.08 bits per heavy atom. The second-order valence-electron chi connectivity index (χ2n) is 6.04. The van der Waals surface area contributed by atoms with Crippen LogP contribution < -0.4 is 15.5 Å². The molecule has 0 aliphatic carbocycles. The largest absolute Gasteiger partial charge is 0.338 e. The van der Waals surface area contributed by atoms with Gasteiger partial charge in [0.1, 0.15) is 0 Å². The fourth-order valence-corrected chi connectivity index (χ4v) is 2.69. The Morgan fingerprint density at radius 2 is 1.83 bits per heavy atom. The molecular weight excluding hydrogens is 302 g/mol. The fourth-order valence-electron chi connectivity index (χ4n) is 2.69. The van der Waals surface area contributed by atoms with Crippen molar-refractivity contribution in [2.24, 2.45) is 0 Å². The van der Waals surface area contributed by atoms with Crippen molar-refractivity contribution in [1.29, 1.82) is 0 Å². The molecule has 0 radical (unpaired) electrons. The molecule has 2 aromatic carbocycles. The number of aryl methyl sites for hydroxylation is 2. The van der Waals surface area contributed by atoms with Crippen molar-refractivity contribution in [3.8, 4) is 0 Å². The van der Waals surface area contributed by atoms with Gasteiger partial charge in [0, 0.05) is 30.0 Å². The monoisotopic (exact) mass is 323 g/mol. The van der Waals surface area contributed by atoms with Crippen LogP contribution in [0.3, 0.4) is 0 Å². The molecule has 5 nitrogen and oxygen atoms in total. The minimum absolute atomic E-state index is 0.0758. The van der Waals surface area contributed by atoms with Crippen molar-refractivity contribution in [1.82, 2.24) is 5.32 Å². The van der Waals surface area contributed by atoms with Crippen LogP contribution >= 0.6 is 0 Å². The molecule has 124 valence electrons. The van der Waals surface area contributed by atoms with E-state index in [1.165, 1.54) is 0 Å². The summed E-state index contributed by atoms with van der Waals surface area (Å²) in [6.07, 6.45) is 0.928. The second kappa shape index (κ2) is 6.74. The lowest BCUT2D eigenvalue weighted by atomic mass is 10.1. The number of hydrogen-bond donors (Lipinski definition) is 2. The van der Waals surface area contributed by atoms with Gasteiger partial charge in [0.2, 0.25) is 0 Å². The Bertz CT molecular complexity index is 769. The number of nitrogens with one attached hydrogen (secondary N) is 2. The fraction of sp³-hybridized carbons (Fsp3) is 0.263. The van der Waals surface area contributed by atoms with E-state index in [2.05, 4.69) is 10.6 Å². The van der Waals surface area contributed by atoms with Crippen LogP contribution in [0.2, 0.25) is 0 Å². The average Bonchev–Trinajstić information content (AvgIpc) is 2.58. The predicted molar refractivity (Wildman–Crippen MR) is 95.7 cm³/mol. The van der Waals surface area contributed by atoms with Gasteiger partial charge in [-0.1, -0.05) is 6.07 Å². The average molecular weight is 323 g/mol. The molecule has 1 aliphatic rings. The number of nitrogens with zero attached hydrogens (tertiary/aromatic N) is 1. The van der Waals surface area contributed by atoms with Crippen LogP contribution in [0.15, 0.2) is 42.5 Å². The van der Waals surface area contributed by atoms with E-state index in [0.717, 1.165) is 29.8 Å². The smallest absolute Gasteiger partial charge is 0.321 e. The van der Waals surface area contributed by atoms with Crippen molar-refractivity contribution < 1.29 is 9.59 Å². The summed E-state index contributed by atoms with van der Waals surface area (Å²) in [5.74, 6) is -0.137. The molecule has 2 aromatic rings. The van der Waals surface area contributed by atoms with E-state index in [4.69, 9.17) is 0 Å². The molecule has 0 spiro atoms. The van der Waals surface area contributed by atoms with Crippen molar-refractivity contribution in [2.75, 3.05) is 23.3 Å². The highest BCUT2D eigenvalue weighted by Gasteiger charge is 2.18. The van der Waals surface area contributed by atoms with Gasteiger partial charge < -0.3 is 10.6 Å². The van der Waals surface area contributed by atoms with Crippen LogP contribution in [0.4, 0.5) is 16.2 Å². The van der Waals surface area contributed by atoms with Gasteiger partial charge in [-0.25, -0.2) is 4.79 Å². The highest BCUT2D eigenvalue weighted by Crippen LogP contribution is 2.20. The van der Waals surface area contributed by atoms with Gasteiger partial charge in [-0.05, 0) is 67.8 Å². The van der Waals surface area contributed by atoms with Gasteiger partial charge in [0.05, 0.1) is 0 Å². The number of carbonyl (C=O) groups is 2. The molecule has 1 aliphatic heterocycles. The van der Waals surface area contributed by atoms with Crippen molar-refractivity contribution >= 4 is 23.3 Å². The number of rotatable bonds is 3. The topological polar surface area (TPSA) is 61.4 Å². The third-order valence-corrected chi connectivity index (χ3v) is 4.29. The first-order valence-corrected chi connectivity index (χ1v) is 8.08. The van der Waals surface area contributed by atoms with E-state index < -0.39 is 0 Å². The minimum atomic E-state index is -0.137. The molecule has 1 saturated heterocycles. The lowest BCUT2D eigenvalue weighted by Crippen LogP contribution is -2.46. The zero-order valence-corrected chi connectivity index (χ0v) is 13.9. The molecule has 2 N–H and O–H groups in total. The first kappa shape index (κ1) is 16.1. The number of amides is 3. The number of benzene rings is 2. The lowest BCUT2D eigenvalue weighted by Gasteiger charge is -2.27. The van der Waals surface area contributed by atoms with Gasteiger partial charge in [-0.2, -0.15) is 0 Å². The standard InChI is InChI=1S/C19H21N3O2/c1-13-4-5-15(12-14(13)2)18(23)21-16-6-8-17(9-7-16)22-11-3-10-20-19(22)24/h4-9,12H,3,10-11H2,1-2H3,(H,20,24)(H,21,23). The van der Waals surface area contributed by atoms with Crippen molar-refractivity contribution in [2.45, 2.75) is 20.3 Å². The molecule has 0 bridgehead atoms. The summed E-state index contributed by atoms with van der Waals surface area (Å²) >= 11 is 0. The van der Waals surface area contributed by atoms with Gasteiger partial charge in [-0.3, -0.25) is 9.69 Å². The Kier molecular flexibility index (Phi) is 4.51. The van der Waals surface area contributed by atoms with Crippen LogP contribution in [0.25, 0.3) is 0 Å². The quantitative estimate of drug-likeness (QED) is 0.908. The molecule has 0 saturated carbocycles. The Labute approximate surface area is 141 Å². The highest BCUT2D eigenvalue weighted by molar-refractivity contribution is 6.04. The molecule has 0 unspecified atom stereocenters. The van der Waals surface area contributed by atoms with Crippen LogP contribution in [0.1, 0.15) is 27.9 Å². The SMILES string of the molecule is Cc1ccc(C(=O)Nc2ccc(N3CCCNC3=O)cc2)cc1C. The van der Waals surface area contributed by atoms with E-state index in [1.54, 1.807) is 4.90 Å². The Morgan fingerprint density at radius 3 is 2.50 bits per heavy atom. The maximum Gasteiger partial charge on any atom is 0.321 e. The first-order chi connectivity index (χ1) is 11.5. The molecule has 5 heteroatoms. The summed E-state index contributed by atoms with van der Waals surface area (Å²) < 4.78 is 0. The molecular formula is C19H21N3O2. The predicted octanol–water partition coefficient (Wildman–Crippen LogP) is 3.48. The summed E-state index contributed by atoms with van der Waals surface area (Å²) in [5.41, 5.74) is 4.43.